The molecule has 2 aromatic heterocycles. The molecule has 4 rings (SSSR count). The van der Waals surface area contributed by atoms with Crippen LogP contribution in [0.1, 0.15) is 42.5 Å². The molecule has 0 unspecified atom stereocenters. The van der Waals surface area contributed by atoms with Gasteiger partial charge in [0.2, 0.25) is 5.78 Å². The van der Waals surface area contributed by atoms with E-state index in [1.165, 1.54) is 22.7 Å². The molecule has 0 aliphatic heterocycles. The molecule has 1 saturated carbocycles. The minimum atomic E-state index is -0.203. The van der Waals surface area contributed by atoms with Gasteiger partial charge in [0.1, 0.15) is 0 Å². The van der Waals surface area contributed by atoms with Crippen LogP contribution in [0.15, 0.2) is 28.2 Å². The minimum Gasteiger partial charge on any atom is -0.349 e. The van der Waals surface area contributed by atoms with Crippen LogP contribution in [-0.4, -0.2) is 36.9 Å². The number of hydrogen-bond donors (Lipinski definition) is 1. The number of nitrogens with one attached hydrogen (secondary N) is 1. The zero-order valence-corrected chi connectivity index (χ0v) is 16.3. The topological polar surface area (TPSA) is 105 Å². The average Bonchev–Trinajstić information content (AvgIpc) is 3.15. The van der Waals surface area contributed by atoms with E-state index in [1.54, 1.807) is 29.6 Å². The number of thioether (sulfide) groups is 1. The first kappa shape index (κ1) is 18.5. The first-order chi connectivity index (χ1) is 13.6. The highest BCUT2D eigenvalue weighted by Crippen LogP contribution is 2.23. The van der Waals surface area contributed by atoms with Crippen molar-refractivity contribution in [2.24, 2.45) is 7.05 Å². The number of benzene rings is 1. The quantitative estimate of drug-likeness (QED) is 0.678. The van der Waals surface area contributed by atoms with Crippen molar-refractivity contribution in [3.05, 3.63) is 34.1 Å². The van der Waals surface area contributed by atoms with Gasteiger partial charge < -0.3 is 5.32 Å². The second-order valence-corrected chi connectivity index (χ2v) is 7.91. The Bertz CT molecular complexity index is 1150. The third-order valence-corrected chi connectivity index (χ3v) is 5.95. The van der Waals surface area contributed by atoms with Crippen molar-refractivity contribution in [2.75, 3.05) is 5.75 Å². The van der Waals surface area contributed by atoms with Crippen LogP contribution in [0.3, 0.4) is 0 Å². The SMILES string of the molecule is Cn1c(=O)c2ccc(C(=O)NC3CCCCC3)cc2n2c(SCC#N)nnc12. The van der Waals surface area contributed by atoms with Crippen molar-refractivity contribution in [2.45, 2.75) is 43.3 Å². The molecular formula is C19H20N6O2S. The minimum absolute atomic E-state index is 0.137. The predicted octanol–water partition coefficient (Wildman–Crippen LogP) is 2.26. The highest BCUT2D eigenvalue weighted by atomic mass is 32.2. The van der Waals surface area contributed by atoms with Crippen molar-refractivity contribution in [1.29, 1.82) is 5.26 Å². The van der Waals surface area contributed by atoms with Crippen LogP contribution in [0.2, 0.25) is 0 Å². The third-order valence-electron chi connectivity index (χ3n) is 5.16. The first-order valence-corrected chi connectivity index (χ1v) is 10.3. The summed E-state index contributed by atoms with van der Waals surface area (Å²) in [7, 11) is 1.63. The zero-order chi connectivity index (χ0) is 19.7. The molecule has 1 amide bonds. The highest BCUT2D eigenvalue weighted by Gasteiger charge is 2.19. The molecule has 1 aromatic carbocycles. The fourth-order valence-corrected chi connectivity index (χ4v) is 4.31. The molecule has 1 aliphatic rings. The maximum atomic E-state index is 12.8. The van der Waals surface area contributed by atoms with Gasteiger partial charge in [-0.15, -0.1) is 10.2 Å². The highest BCUT2D eigenvalue weighted by molar-refractivity contribution is 7.99. The number of amides is 1. The largest absolute Gasteiger partial charge is 0.349 e. The Hall–Kier alpha value is -2.86. The summed E-state index contributed by atoms with van der Waals surface area (Å²) in [5.74, 6) is 0.456. The molecule has 8 nitrogen and oxygen atoms in total. The van der Waals surface area contributed by atoms with E-state index in [1.807, 2.05) is 0 Å². The molecule has 1 aliphatic carbocycles. The van der Waals surface area contributed by atoms with Gasteiger partial charge in [-0.05, 0) is 31.0 Å². The number of carbonyl (C=O) groups is 1. The Morgan fingerprint density at radius 2 is 2.11 bits per heavy atom. The number of rotatable bonds is 4. The molecule has 9 heteroatoms. The van der Waals surface area contributed by atoms with Crippen molar-refractivity contribution in [3.63, 3.8) is 0 Å². The van der Waals surface area contributed by atoms with Crippen LogP contribution in [0.25, 0.3) is 16.7 Å². The molecule has 0 saturated heterocycles. The fraction of sp³-hybridized carbons (Fsp3) is 0.421. The Labute approximate surface area is 165 Å². The third kappa shape index (κ3) is 3.24. The second-order valence-electron chi connectivity index (χ2n) is 6.97. The number of carbonyl (C=O) groups excluding carboxylic acids is 1. The molecule has 1 N–H and O–H groups in total. The summed E-state index contributed by atoms with van der Waals surface area (Å²) in [6, 6.07) is 7.34. The number of hydrogen-bond acceptors (Lipinski definition) is 6. The Morgan fingerprint density at radius 3 is 2.86 bits per heavy atom. The fourth-order valence-electron chi connectivity index (χ4n) is 3.71. The van der Waals surface area contributed by atoms with E-state index < -0.39 is 0 Å². The normalized spacial score (nSPS) is 15.0. The van der Waals surface area contributed by atoms with Crippen molar-refractivity contribution in [3.8, 4) is 6.07 Å². The lowest BCUT2D eigenvalue weighted by atomic mass is 9.95. The predicted molar refractivity (Wildman–Crippen MR) is 106 cm³/mol. The van der Waals surface area contributed by atoms with Crippen molar-refractivity contribution < 1.29 is 4.79 Å². The van der Waals surface area contributed by atoms with Gasteiger partial charge in [0, 0.05) is 18.7 Å². The lowest BCUT2D eigenvalue weighted by Crippen LogP contribution is -2.36. The second kappa shape index (κ2) is 7.64. The number of nitrogens with zero attached hydrogens (tertiary/aromatic N) is 5. The number of aromatic nitrogens is 4. The lowest BCUT2D eigenvalue weighted by Gasteiger charge is -2.22. The summed E-state index contributed by atoms with van der Waals surface area (Å²) in [4.78, 5) is 25.4. The molecule has 144 valence electrons. The van der Waals surface area contributed by atoms with Gasteiger partial charge >= 0.3 is 0 Å². The number of fused-ring (bicyclic) bond motifs is 3. The zero-order valence-electron chi connectivity index (χ0n) is 15.5. The Kier molecular flexibility index (Phi) is 5.05. The van der Waals surface area contributed by atoms with E-state index in [2.05, 4.69) is 21.6 Å². The molecule has 0 bridgehead atoms. The molecule has 28 heavy (non-hydrogen) atoms. The summed E-state index contributed by atoms with van der Waals surface area (Å²) >= 11 is 1.24. The van der Waals surface area contributed by atoms with E-state index in [9.17, 15) is 9.59 Å². The number of aryl methyl sites for hydroxylation is 1. The summed E-state index contributed by atoms with van der Waals surface area (Å²) in [6.45, 7) is 0. The summed E-state index contributed by atoms with van der Waals surface area (Å²) in [5.41, 5.74) is 0.864. The maximum absolute atomic E-state index is 12.8. The molecule has 0 radical (unpaired) electrons. The van der Waals surface area contributed by atoms with E-state index in [0.29, 0.717) is 27.4 Å². The van der Waals surface area contributed by atoms with Crippen LogP contribution in [0.5, 0.6) is 0 Å². The maximum Gasteiger partial charge on any atom is 0.262 e. The standard InChI is InChI=1S/C19H20N6O2S/c1-24-17(27)14-8-7-12(16(26)21-13-5-3-2-4-6-13)11-15(14)25-18(24)22-23-19(25)28-10-9-20/h7-8,11,13H,2-6,10H2,1H3,(H,21,26). The molecule has 3 aromatic rings. The number of nitriles is 1. The first-order valence-electron chi connectivity index (χ1n) is 9.28. The van der Waals surface area contributed by atoms with Crippen molar-refractivity contribution >= 4 is 34.3 Å². The van der Waals surface area contributed by atoms with E-state index >= 15 is 0 Å². The van der Waals surface area contributed by atoms with Gasteiger partial charge in [0.25, 0.3) is 11.5 Å². The summed E-state index contributed by atoms with van der Waals surface area (Å²) in [5, 5.41) is 21.2. The molecule has 0 spiro atoms. The van der Waals surface area contributed by atoms with Crippen LogP contribution in [0.4, 0.5) is 0 Å². The summed E-state index contributed by atoms with van der Waals surface area (Å²) in [6.07, 6.45) is 5.51. The Morgan fingerprint density at radius 1 is 1.32 bits per heavy atom. The van der Waals surface area contributed by atoms with Gasteiger partial charge in [-0.25, -0.2) is 0 Å². The molecular weight excluding hydrogens is 376 g/mol. The van der Waals surface area contributed by atoms with E-state index in [4.69, 9.17) is 5.26 Å². The van der Waals surface area contributed by atoms with Gasteiger partial charge in [-0.1, -0.05) is 31.0 Å². The van der Waals surface area contributed by atoms with Crippen LogP contribution >= 0.6 is 11.8 Å². The van der Waals surface area contributed by atoms with Gasteiger partial charge in [0.05, 0.1) is 22.7 Å². The Balaban J connectivity index is 1.80. The molecule has 2 heterocycles. The van der Waals surface area contributed by atoms with Gasteiger partial charge in [0.15, 0.2) is 5.16 Å². The van der Waals surface area contributed by atoms with Crippen LogP contribution in [0, 0.1) is 11.3 Å². The van der Waals surface area contributed by atoms with E-state index in [0.717, 1.165) is 25.7 Å². The molecule has 1 fully saturated rings. The van der Waals surface area contributed by atoms with Crippen molar-refractivity contribution in [1.82, 2.24) is 24.5 Å². The van der Waals surface area contributed by atoms with Gasteiger partial charge in [-0.3, -0.25) is 18.6 Å². The van der Waals surface area contributed by atoms with Gasteiger partial charge in [-0.2, -0.15) is 5.26 Å². The van der Waals surface area contributed by atoms with Crippen LogP contribution < -0.4 is 10.9 Å². The lowest BCUT2D eigenvalue weighted by molar-refractivity contribution is 0.0928. The molecule has 0 atom stereocenters. The van der Waals surface area contributed by atoms with E-state index in [-0.39, 0.29) is 23.3 Å². The smallest absolute Gasteiger partial charge is 0.262 e. The van der Waals surface area contributed by atoms with Crippen LogP contribution in [-0.2, 0) is 7.05 Å². The summed E-state index contributed by atoms with van der Waals surface area (Å²) < 4.78 is 3.16. The monoisotopic (exact) mass is 396 g/mol. The average molecular weight is 396 g/mol.